The van der Waals surface area contributed by atoms with Gasteiger partial charge in [0.25, 0.3) is 5.91 Å². The van der Waals surface area contributed by atoms with Gasteiger partial charge in [-0.25, -0.2) is 0 Å². The van der Waals surface area contributed by atoms with Crippen LogP contribution in [0.15, 0.2) is 60.8 Å². The Morgan fingerprint density at radius 1 is 1.03 bits per heavy atom. The topological polar surface area (TPSA) is 73.2 Å². The summed E-state index contributed by atoms with van der Waals surface area (Å²) in [4.78, 5) is 29.9. The molecule has 5 rings (SSSR count). The van der Waals surface area contributed by atoms with E-state index in [1.54, 1.807) is 6.07 Å². The lowest BCUT2D eigenvalue weighted by atomic mass is 9.82. The van der Waals surface area contributed by atoms with Crippen LogP contribution in [0.4, 0.5) is 0 Å². The molecule has 7 heteroatoms. The molecule has 0 aliphatic heterocycles. The second kappa shape index (κ2) is 10.1. The summed E-state index contributed by atoms with van der Waals surface area (Å²) in [6.45, 7) is 1.10. The number of aromatic nitrogens is 2. The maximum atomic E-state index is 13.3. The standard InChI is InChI=1S/C28H28ClN3O3/c1-35-28(34)21-8-6-18(7-9-21)16-30-27(33)25-23(29)13-11-20-14-15-32(26(20)25)17-22-12-10-19-4-2-3-5-24(19)31-22/h2-5,10-15,18,21H,6-9,16-17H2,1H3,(H,30,33)/t18-,21-. The predicted octanol–water partition coefficient (Wildman–Crippen LogP) is 5.60. The fraction of sp³-hybridized carbons (Fsp3) is 0.321. The van der Waals surface area contributed by atoms with E-state index in [1.807, 2.05) is 53.2 Å². The van der Waals surface area contributed by atoms with Crippen molar-refractivity contribution in [3.05, 3.63) is 77.1 Å². The molecule has 1 aliphatic carbocycles. The smallest absolute Gasteiger partial charge is 0.308 e. The van der Waals surface area contributed by atoms with E-state index in [0.29, 0.717) is 29.6 Å². The quantitative estimate of drug-likeness (QED) is 0.358. The number of pyridine rings is 1. The van der Waals surface area contributed by atoms with Crippen LogP contribution in [0.3, 0.4) is 0 Å². The molecule has 2 aromatic heterocycles. The molecule has 1 N–H and O–H groups in total. The van der Waals surface area contributed by atoms with Crippen molar-refractivity contribution >= 4 is 45.3 Å². The minimum atomic E-state index is -0.179. The summed E-state index contributed by atoms with van der Waals surface area (Å²) in [5, 5.41) is 5.58. The third-order valence-electron chi connectivity index (χ3n) is 7.03. The molecule has 1 saturated carbocycles. The predicted molar refractivity (Wildman–Crippen MR) is 138 cm³/mol. The number of hydrogen-bond donors (Lipinski definition) is 1. The Morgan fingerprint density at radius 3 is 2.60 bits per heavy atom. The zero-order chi connectivity index (χ0) is 24.4. The first kappa shape index (κ1) is 23.4. The number of halogens is 1. The number of para-hydroxylation sites is 1. The second-order valence-corrected chi connectivity index (χ2v) is 9.66. The molecule has 2 heterocycles. The monoisotopic (exact) mass is 489 g/mol. The minimum Gasteiger partial charge on any atom is -0.469 e. The Labute approximate surface area is 209 Å². The normalized spacial score (nSPS) is 18.0. The van der Waals surface area contributed by atoms with E-state index in [2.05, 4.69) is 11.4 Å². The van der Waals surface area contributed by atoms with Crippen LogP contribution in [0.5, 0.6) is 0 Å². The van der Waals surface area contributed by atoms with Crippen molar-refractivity contribution < 1.29 is 14.3 Å². The summed E-state index contributed by atoms with van der Waals surface area (Å²) in [6.07, 6.45) is 5.35. The van der Waals surface area contributed by atoms with Crippen molar-refractivity contribution in [2.75, 3.05) is 13.7 Å². The summed E-state index contributed by atoms with van der Waals surface area (Å²) in [7, 11) is 1.44. The Morgan fingerprint density at radius 2 is 1.80 bits per heavy atom. The van der Waals surface area contributed by atoms with Crippen molar-refractivity contribution in [1.29, 1.82) is 0 Å². The van der Waals surface area contributed by atoms with Crippen LogP contribution in [0.25, 0.3) is 21.8 Å². The largest absolute Gasteiger partial charge is 0.469 e. The van der Waals surface area contributed by atoms with Gasteiger partial charge in [-0.3, -0.25) is 14.6 Å². The molecule has 6 nitrogen and oxygen atoms in total. The summed E-state index contributed by atoms with van der Waals surface area (Å²) in [5.74, 6) is 0.00304. The molecule has 0 bridgehead atoms. The van der Waals surface area contributed by atoms with Gasteiger partial charge in [-0.1, -0.05) is 41.9 Å². The van der Waals surface area contributed by atoms with Crippen LogP contribution in [-0.4, -0.2) is 35.1 Å². The Bertz CT molecular complexity index is 1390. The molecule has 0 radical (unpaired) electrons. The van der Waals surface area contributed by atoms with Crippen molar-refractivity contribution in [2.24, 2.45) is 11.8 Å². The Kier molecular flexibility index (Phi) is 6.73. The van der Waals surface area contributed by atoms with Gasteiger partial charge in [0.05, 0.1) is 46.9 Å². The zero-order valence-corrected chi connectivity index (χ0v) is 20.4. The average molecular weight is 490 g/mol. The van der Waals surface area contributed by atoms with E-state index in [9.17, 15) is 9.59 Å². The van der Waals surface area contributed by atoms with E-state index in [4.69, 9.17) is 21.3 Å². The van der Waals surface area contributed by atoms with Crippen LogP contribution in [-0.2, 0) is 16.1 Å². The molecule has 1 fully saturated rings. The van der Waals surface area contributed by atoms with E-state index < -0.39 is 0 Å². The van der Waals surface area contributed by atoms with Gasteiger partial charge in [0.15, 0.2) is 0 Å². The van der Waals surface area contributed by atoms with Crippen LogP contribution >= 0.6 is 11.6 Å². The molecule has 4 aromatic rings. The summed E-state index contributed by atoms with van der Waals surface area (Å²) in [5.41, 5.74) is 3.15. The Balaban J connectivity index is 1.34. The number of nitrogens with zero attached hydrogens (tertiary/aromatic N) is 2. The van der Waals surface area contributed by atoms with E-state index in [1.165, 1.54) is 7.11 Å². The average Bonchev–Trinajstić information content (AvgIpc) is 3.29. The highest BCUT2D eigenvalue weighted by Gasteiger charge is 2.27. The third-order valence-corrected chi connectivity index (χ3v) is 7.34. The number of fused-ring (bicyclic) bond motifs is 2. The lowest BCUT2D eigenvalue weighted by Gasteiger charge is -2.27. The second-order valence-electron chi connectivity index (χ2n) is 9.25. The Hall–Kier alpha value is -3.38. The number of hydrogen-bond acceptors (Lipinski definition) is 4. The van der Waals surface area contributed by atoms with Crippen LogP contribution in [0.2, 0.25) is 5.02 Å². The molecular formula is C28H28ClN3O3. The number of benzene rings is 2. The van der Waals surface area contributed by atoms with E-state index in [-0.39, 0.29) is 17.8 Å². The molecule has 180 valence electrons. The molecule has 1 aliphatic rings. The van der Waals surface area contributed by atoms with Gasteiger partial charge in [-0.15, -0.1) is 0 Å². The maximum Gasteiger partial charge on any atom is 0.308 e. The van der Waals surface area contributed by atoms with Gasteiger partial charge in [0, 0.05) is 23.5 Å². The van der Waals surface area contributed by atoms with Crippen molar-refractivity contribution in [2.45, 2.75) is 32.2 Å². The first-order valence-corrected chi connectivity index (χ1v) is 12.4. The van der Waals surface area contributed by atoms with E-state index >= 15 is 0 Å². The fourth-order valence-electron chi connectivity index (χ4n) is 5.08. The highest BCUT2D eigenvalue weighted by molar-refractivity contribution is 6.35. The lowest BCUT2D eigenvalue weighted by Crippen LogP contribution is -2.33. The fourth-order valence-corrected chi connectivity index (χ4v) is 5.32. The molecular weight excluding hydrogens is 462 g/mol. The summed E-state index contributed by atoms with van der Waals surface area (Å²) in [6, 6.07) is 17.8. The zero-order valence-electron chi connectivity index (χ0n) is 19.7. The number of methoxy groups -OCH3 is 1. The maximum absolute atomic E-state index is 13.3. The lowest BCUT2D eigenvalue weighted by molar-refractivity contribution is -0.146. The summed E-state index contributed by atoms with van der Waals surface area (Å²) < 4.78 is 6.91. The van der Waals surface area contributed by atoms with Crippen molar-refractivity contribution in [3.8, 4) is 0 Å². The highest BCUT2D eigenvalue weighted by Crippen LogP contribution is 2.31. The first-order chi connectivity index (χ1) is 17.0. The van der Waals surface area contributed by atoms with Gasteiger partial charge >= 0.3 is 5.97 Å². The molecule has 0 saturated heterocycles. The molecule has 0 spiro atoms. The van der Waals surface area contributed by atoms with Gasteiger partial charge in [-0.05, 0) is 55.9 Å². The molecule has 0 unspecified atom stereocenters. The van der Waals surface area contributed by atoms with Crippen LogP contribution < -0.4 is 5.32 Å². The number of rotatable bonds is 6. The van der Waals surface area contributed by atoms with Gasteiger partial charge in [-0.2, -0.15) is 0 Å². The molecule has 2 aromatic carbocycles. The van der Waals surface area contributed by atoms with Crippen LogP contribution in [0, 0.1) is 11.8 Å². The van der Waals surface area contributed by atoms with Crippen LogP contribution in [0.1, 0.15) is 41.7 Å². The van der Waals surface area contributed by atoms with Gasteiger partial charge in [0.1, 0.15) is 0 Å². The van der Waals surface area contributed by atoms with E-state index in [0.717, 1.165) is 53.2 Å². The SMILES string of the molecule is COC(=O)[C@H]1CC[C@H](CNC(=O)c2c(Cl)ccc3ccn(Cc4ccc5ccccc5n4)c23)CC1. The minimum absolute atomic E-state index is 0.0258. The number of amides is 1. The molecule has 0 atom stereocenters. The van der Waals surface area contributed by atoms with Gasteiger partial charge in [0.2, 0.25) is 0 Å². The van der Waals surface area contributed by atoms with Crippen molar-refractivity contribution in [1.82, 2.24) is 14.9 Å². The first-order valence-electron chi connectivity index (χ1n) is 12.0. The summed E-state index contributed by atoms with van der Waals surface area (Å²) >= 11 is 6.56. The highest BCUT2D eigenvalue weighted by atomic mass is 35.5. The number of carbonyl (C=O) groups is 2. The number of nitrogens with one attached hydrogen (secondary N) is 1. The molecule has 1 amide bonds. The van der Waals surface area contributed by atoms with Crippen molar-refractivity contribution in [3.63, 3.8) is 0 Å². The number of ether oxygens (including phenoxy) is 1. The number of esters is 1. The molecule has 35 heavy (non-hydrogen) atoms. The van der Waals surface area contributed by atoms with Gasteiger partial charge < -0.3 is 14.6 Å². The third kappa shape index (κ3) is 4.89. The number of carbonyl (C=O) groups excluding carboxylic acids is 2.